The van der Waals surface area contributed by atoms with Crippen LogP contribution in [-0.4, -0.2) is 24.5 Å². The highest BCUT2D eigenvalue weighted by molar-refractivity contribution is 4.88. The molecule has 0 aliphatic carbocycles. The van der Waals surface area contributed by atoms with E-state index >= 15 is 0 Å². The van der Waals surface area contributed by atoms with Gasteiger partial charge in [-0.1, -0.05) is 13.8 Å². The molecule has 0 aromatic heterocycles. The zero-order valence-corrected chi connectivity index (χ0v) is 8.84. The summed E-state index contributed by atoms with van der Waals surface area (Å²) in [5.74, 6) is 0. The molecule has 13 heavy (non-hydrogen) atoms. The van der Waals surface area contributed by atoms with Gasteiger partial charge in [-0.3, -0.25) is 0 Å². The number of rotatable bonds is 4. The summed E-state index contributed by atoms with van der Waals surface area (Å²) < 4.78 is 0. The topological polar surface area (TPSA) is 27.0 Å². The first-order chi connectivity index (χ1) is 6.26. The Morgan fingerprint density at radius 3 is 2.54 bits per heavy atom. The maximum Gasteiger partial charge on any atom is 0.0635 e. The van der Waals surface area contributed by atoms with Crippen molar-refractivity contribution in [2.24, 2.45) is 5.41 Å². The van der Waals surface area contributed by atoms with E-state index < -0.39 is 0 Å². The number of nitriles is 1. The van der Waals surface area contributed by atoms with E-state index in [1.165, 1.54) is 32.4 Å². The van der Waals surface area contributed by atoms with Gasteiger partial charge < -0.3 is 4.90 Å². The third-order valence-corrected chi connectivity index (χ3v) is 3.56. The highest BCUT2D eigenvalue weighted by Gasteiger charge is 2.34. The third kappa shape index (κ3) is 2.45. The summed E-state index contributed by atoms with van der Waals surface area (Å²) in [5.41, 5.74) is 0.565. The summed E-state index contributed by atoms with van der Waals surface area (Å²) in [4.78, 5) is 2.44. The van der Waals surface area contributed by atoms with Crippen molar-refractivity contribution >= 4 is 0 Å². The Labute approximate surface area is 81.5 Å². The second-order valence-electron chi connectivity index (χ2n) is 4.14. The van der Waals surface area contributed by atoms with Gasteiger partial charge in [-0.25, -0.2) is 0 Å². The standard InChI is InChI=1S/C11H20N2/c1-3-11(4-2)6-9-13(10-11)8-5-7-12/h3-6,8-10H2,1-2H3. The van der Waals surface area contributed by atoms with E-state index in [0.29, 0.717) is 11.8 Å². The van der Waals surface area contributed by atoms with Crippen LogP contribution in [-0.2, 0) is 0 Å². The Morgan fingerprint density at radius 2 is 2.08 bits per heavy atom. The lowest BCUT2D eigenvalue weighted by Gasteiger charge is -2.26. The van der Waals surface area contributed by atoms with Crippen molar-refractivity contribution in [3.05, 3.63) is 0 Å². The molecular formula is C11H20N2. The molecule has 1 aliphatic heterocycles. The lowest BCUT2D eigenvalue weighted by Crippen LogP contribution is -2.26. The maximum absolute atomic E-state index is 8.49. The van der Waals surface area contributed by atoms with Gasteiger partial charge in [-0.15, -0.1) is 0 Å². The molecule has 74 valence electrons. The largest absolute Gasteiger partial charge is 0.302 e. The summed E-state index contributed by atoms with van der Waals surface area (Å²) in [6, 6.07) is 2.22. The molecule has 0 aromatic rings. The van der Waals surface area contributed by atoms with Crippen LogP contribution in [0.25, 0.3) is 0 Å². The smallest absolute Gasteiger partial charge is 0.0635 e. The van der Waals surface area contributed by atoms with Crippen LogP contribution in [0, 0.1) is 16.7 Å². The van der Waals surface area contributed by atoms with Crippen LogP contribution in [0.1, 0.15) is 39.5 Å². The average Bonchev–Trinajstić information content (AvgIpc) is 2.59. The highest BCUT2D eigenvalue weighted by atomic mass is 15.2. The molecule has 1 rings (SSSR count). The average molecular weight is 180 g/mol. The van der Waals surface area contributed by atoms with Crippen LogP contribution < -0.4 is 0 Å². The summed E-state index contributed by atoms with van der Waals surface area (Å²) in [6.07, 6.45) is 4.58. The van der Waals surface area contributed by atoms with Crippen molar-refractivity contribution in [1.29, 1.82) is 5.26 Å². The number of hydrogen-bond acceptors (Lipinski definition) is 2. The van der Waals surface area contributed by atoms with E-state index in [2.05, 4.69) is 24.8 Å². The molecular weight excluding hydrogens is 160 g/mol. The Balaban J connectivity index is 2.39. The first-order valence-corrected chi connectivity index (χ1v) is 5.35. The molecule has 1 saturated heterocycles. The molecule has 1 heterocycles. The molecule has 0 saturated carbocycles. The van der Waals surface area contributed by atoms with Crippen LogP contribution in [0.2, 0.25) is 0 Å². The van der Waals surface area contributed by atoms with Crippen molar-refractivity contribution in [3.63, 3.8) is 0 Å². The molecule has 1 fully saturated rings. The molecule has 0 amide bonds. The minimum atomic E-state index is 0.565. The van der Waals surface area contributed by atoms with Gasteiger partial charge in [0, 0.05) is 19.5 Å². The van der Waals surface area contributed by atoms with Crippen LogP contribution in [0.15, 0.2) is 0 Å². The lowest BCUT2D eigenvalue weighted by atomic mass is 9.82. The first-order valence-electron chi connectivity index (χ1n) is 5.35. The Hall–Kier alpha value is -0.550. The quantitative estimate of drug-likeness (QED) is 0.664. The van der Waals surface area contributed by atoms with Crippen LogP contribution in [0.4, 0.5) is 0 Å². The molecule has 0 atom stereocenters. The van der Waals surface area contributed by atoms with Crippen LogP contribution in [0.5, 0.6) is 0 Å². The van der Waals surface area contributed by atoms with E-state index in [0.717, 1.165) is 6.54 Å². The van der Waals surface area contributed by atoms with Gasteiger partial charge >= 0.3 is 0 Å². The van der Waals surface area contributed by atoms with Crippen molar-refractivity contribution in [2.45, 2.75) is 39.5 Å². The number of nitrogens with zero attached hydrogens (tertiary/aromatic N) is 2. The van der Waals surface area contributed by atoms with Crippen molar-refractivity contribution in [1.82, 2.24) is 4.90 Å². The summed E-state index contributed by atoms with van der Waals surface area (Å²) in [6.45, 7) is 7.96. The molecule has 0 bridgehead atoms. The summed E-state index contributed by atoms with van der Waals surface area (Å²) in [5, 5.41) is 8.49. The van der Waals surface area contributed by atoms with Crippen LogP contribution >= 0.6 is 0 Å². The second-order valence-corrected chi connectivity index (χ2v) is 4.14. The van der Waals surface area contributed by atoms with Gasteiger partial charge in [0.1, 0.15) is 0 Å². The third-order valence-electron chi connectivity index (χ3n) is 3.56. The first kappa shape index (κ1) is 10.5. The van der Waals surface area contributed by atoms with Gasteiger partial charge in [0.05, 0.1) is 6.07 Å². The SMILES string of the molecule is CCC1(CC)CCN(CCC#N)C1. The Morgan fingerprint density at radius 1 is 1.38 bits per heavy atom. The van der Waals surface area contributed by atoms with E-state index in [4.69, 9.17) is 5.26 Å². The predicted molar refractivity (Wildman–Crippen MR) is 54.3 cm³/mol. The van der Waals surface area contributed by atoms with Gasteiger partial charge in [-0.05, 0) is 31.2 Å². The summed E-state index contributed by atoms with van der Waals surface area (Å²) in [7, 11) is 0. The molecule has 0 N–H and O–H groups in total. The van der Waals surface area contributed by atoms with Gasteiger partial charge in [0.25, 0.3) is 0 Å². The van der Waals surface area contributed by atoms with Crippen molar-refractivity contribution in [3.8, 4) is 6.07 Å². The van der Waals surface area contributed by atoms with Gasteiger partial charge in [-0.2, -0.15) is 5.26 Å². The van der Waals surface area contributed by atoms with Crippen molar-refractivity contribution in [2.75, 3.05) is 19.6 Å². The number of likely N-dealkylation sites (tertiary alicyclic amines) is 1. The predicted octanol–water partition coefficient (Wildman–Crippen LogP) is 2.41. The van der Waals surface area contributed by atoms with Gasteiger partial charge in [0.15, 0.2) is 0 Å². The Bertz CT molecular complexity index is 189. The fourth-order valence-electron chi connectivity index (χ4n) is 2.25. The van der Waals surface area contributed by atoms with E-state index in [1.807, 2.05) is 0 Å². The monoisotopic (exact) mass is 180 g/mol. The van der Waals surface area contributed by atoms with Gasteiger partial charge in [0.2, 0.25) is 0 Å². The zero-order valence-electron chi connectivity index (χ0n) is 8.84. The Kier molecular flexibility index (Phi) is 3.74. The molecule has 2 nitrogen and oxygen atoms in total. The lowest BCUT2D eigenvalue weighted by molar-refractivity contribution is 0.243. The zero-order chi connectivity index (χ0) is 9.73. The van der Waals surface area contributed by atoms with Crippen molar-refractivity contribution < 1.29 is 0 Å². The van der Waals surface area contributed by atoms with E-state index in [9.17, 15) is 0 Å². The molecule has 2 heteroatoms. The molecule has 0 aromatic carbocycles. The minimum Gasteiger partial charge on any atom is -0.302 e. The normalized spacial score (nSPS) is 21.6. The maximum atomic E-state index is 8.49. The molecule has 1 aliphatic rings. The highest BCUT2D eigenvalue weighted by Crippen LogP contribution is 2.36. The van der Waals surface area contributed by atoms with E-state index in [1.54, 1.807) is 0 Å². The van der Waals surface area contributed by atoms with Crippen LogP contribution in [0.3, 0.4) is 0 Å². The second kappa shape index (κ2) is 4.62. The molecule has 0 unspecified atom stereocenters. The fourth-order valence-corrected chi connectivity index (χ4v) is 2.25. The fraction of sp³-hybridized carbons (Fsp3) is 0.909. The molecule has 0 spiro atoms. The minimum absolute atomic E-state index is 0.565. The number of hydrogen-bond donors (Lipinski definition) is 0. The summed E-state index contributed by atoms with van der Waals surface area (Å²) >= 11 is 0. The molecule has 0 radical (unpaired) electrons. The van der Waals surface area contributed by atoms with E-state index in [-0.39, 0.29) is 0 Å².